The molecule has 0 aliphatic rings. The average molecular weight is 224 g/mol. The first kappa shape index (κ1) is 12.7. The van der Waals surface area contributed by atoms with E-state index in [-0.39, 0.29) is 6.10 Å². The van der Waals surface area contributed by atoms with Crippen LogP contribution in [0.1, 0.15) is 20.8 Å². The zero-order chi connectivity index (χ0) is 12.0. The lowest BCUT2D eigenvalue weighted by Gasteiger charge is -2.13. The van der Waals surface area contributed by atoms with Crippen molar-refractivity contribution >= 4 is 5.82 Å². The van der Waals surface area contributed by atoms with Crippen LogP contribution in [-0.2, 0) is 0 Å². The van der Waals surface area contributed by atoms with E-state index >= 15 is 0 Å². The van der Waals surface area contributed by atoms with Crippen LogP contribution in [0.25, 0.3) is 0 Å². The Hall–Kier alpha value is -1.36. The van der Waals surface area contributed by atoms with Crippen LogP contribution in [0.15, 0.2) is 12.4 Å². The molecule has 1 unspecified atom stereocenters. The molecule has 1 rings (SSSR count). The second-order valence-electron chi connectivity index (χ2n) is 3.98. The third kappa shape index (κ3) is 4.44. The Morgan fingerprint density at radius 2 is 2.06 bits per heavy atom. The van der Waals surface area contributed by atoms with Crippen molar-refractivity contribution in [2.75, 3.05) is 18.9 Å². The Morgan fingerprint density at radius 3 is 2.69 bits per heavy atom. The van der Waals surface area contributed by atoms with E-state index in [0.717, 1.165) is 12.4 Å². The van der Waals surface area contributed by atoms with E-state index < -0.39 is 0 Å². The van der Waals surface area contributed by atoms with Crippen molar-refractivity contribution in [3.63, 3.8) is 0 Å². The monoisotopic (exact) mass is 224 g/mol. The van der Waals surface area contributed by atoms with Crippen molar-refractivity contribution in [1.29, 1.82) is 0 Å². The maximum absolute atomic E-state index is 5.48. The summed E-state index contributed by atoms with van der Waals surface area (Å²) in [7, 11) is 1.93. The Labute approximate surface area is 96.6 Å². The van der Waals surface area contributed by atoms with Crippen molar-refractivity contribution in [2.24, 2.45) is 0 Å². The number of nitrogens with zero attached hydrogens (tertiary/aromatic N) is 2. The smallest absolute Gasteiger partial charge is 0.218 e. The molecule has 0 amide bonds. The van der Waals surface area contributed by atoms with Gasteiger partial charge in [0.2, 0.25) is 5.88 Å². The summed E-state index contributed by atoms with van der Waals surface area (Å²) in [6, 6.07) is 2.20. The summed E-state index contributed by atoms with van der Waals surface area (Å²) in [5.74, 6) is 1.39. The van der Waals surface area contributed by atoms with Crippen LogP contribution < -0.4 is 15.4 Å². The van der Waals surface area contributed by atoms with Gasteiger partial charge in [-0.1, -0.05) is 0 Å². The molecule has 0 fully saturated rings. The van der Waals surface area contributed by atoms with Gasteiger partial charge in [-0.15, -0.1) is 0 Å². The zero-order valence-corrected chi connectivity index (χ0v) is 10.3. The molecular formula is C11H20N4O. The van der Waals surface area contributed by atoms with E-state index in [9.17, 15) is 0 Å². The molecule has 1 aromatic heterocycles. The van der Waals surface area contributed by atoms with Gasteiger partial charge in [0.15, 0.2) is 0 Å². The Morgan fingerprint density at radius 1 is 1.31 bits per heavy atom. The van der Waals surface area contributed by atoms with Crippen LogP contribution in [0.3, 0.4) is 0 Å². The molecule has 0 aromatic carbocycles. The van der Waals surface area contributed by atoms with Gasteiger partial charge in [-0.2, -0.15) is 0 Å². The fourth-order valence-corrected chi connectivity index (χ4v) is 1.10. The van der Waals surface area contributed by atoms with E-state index in [0.29, 0.717) is 11.9 Å². The van der Waals surface area contributed by atoms with Crippen LogP contribution in [0.4, 0.5) is 5.82 Å². The first-order chi connectivity index (χ1) is 7.61. The first-order valence-electron chi connectivity index (χ1n) is 5.51. The molecule has 0 saturated heterocycles. The molecule has 2 N–H and O–H groups in total. The highest BCUT2D eigenvalue weighted by molar-refractivity contribution is 5.37. The number of anilines is 1. The summed E-state index contributed by atoms with van der Waals surface area (Å²) < 4.78 is 5.48. The molecular weight excluding hydrogens is 204 g/mol. The molecule has 90 valence electrons. The molecule has 5 nitrogen and oxygen atoms in total. The molecule has 0 bridgehead atoms. The van der Waals surface area contributed by atoms with Gasteiger partial charge in [0.1, 0.15) is 12.1 Å². The minimum atomic E-state index is 0.124. The van der Waals surface area contributed by atoms with Crippen molar-refractivity contribution < 1.29 is 4.74 Å². The zero-order valence-electron chi connectivity index (χ0n) is 10.3. The lowest BCUT2D eigenvalue weighted by Crippen LogP contribution is -2.29. The second kappa shape index (κ2) is 6.27. The fraction of sp³-hybridized carbons (Fsp3) is 0.636. The van der Waals surface area contributed by atoms with Crippen molar-refractivity contribution in [3.8, 4) is 5.88 Å². The first-order valence-corrected chi connectivity index (χ1v) is 5.51. The van der Waals surface area contributed by atoms with Crippen LogP contribution in [0.5, 0.6) is 5.88 Å². The number of ether oxygens (including phenoxy) is 1. The van der Waals surface area contributed by atoms with E-state index in [1.54, 1.807) is 0 Å². The van der Waals surface area contributed by atoms with Crippen LogP contribution in [0, 0.1) is 0 Å². The molecule has 0 spiro atoms. The molecule has 5 heteroatoms. The molecule has 0 radical (unpaired) electrons. The van der Waals surface area contributed by atoms with E-state index in [1.165, 1.54) is 6.33 Å². The number of likely N-dealkylation sites (N-methyl/N-ethyl adjacent to an activating group) is 1. The van der Waals surface area contributed by atoms with Gasteiger partial charge in [-0.05, 0) is 27.8 Å². The maximum Gasteiger partial charge on any atom is 0.218 e. The minimum Gasteiger partial charge on any atom is -0.475 e. The van der Waals surface area contributed by atoms with Crippen molar-refractivity contribution in [3.05, 3.63) is 12.4 Å². The normalized spacial score (nSPS) is 12.6. The number of aromatic nitrogens is 2. The Bertz CT molecular complexity index is 317. The topological polar surface area (TPSA) is 59.1 Å². The van der Waals surface area contributed by atoms with Crippen LogP contribution in [-0.4, -0.2) is 35.7 Å². The largest absolute Gasteiger partial charge is 0.475 e. The van der Waals surface area contributed by atoms with E-state index in [1.807, 2.05) is 27.0 Å². The summed E-state index contributed by atoms with van der Waals surface area (Å²) in [6.07, 6.45) is 1.63. The highest BCUT2D eigenvalue weighted by atomic mass is 16.5. The molecule has 0 aliphatic carbocycles. The number of nitrogens with one attached hydrogen (secondary N) is 2. The highest BCUT2D eigenvalue weighted by Gasteiger charge is 2.03. The van der Waals surface area contributed by atoms with E-state index in [4.69, 9.17) is 4.74 Å². The standard InChI is InChI=1S/C11H20N4O/c1-8(2)16-11-5-10(14-7-15-11)13-6-9(3)12-4/h5,7-9,12H,6H2,1-4H3,(H,13,14,15). The van der Waals surface area contributed by atoms with Gasteiger partial charge in [0, 0.05) is 18.7 Å². The average Bonchev–Trinajstić information content (AvgIpc) is 2.25. The maximum atomic E-state index is 5.48. The number of hydrogen-bond donors (Lipinski definition) is 2. The molecule has 1 heterocycles. The SMILES string of the molecule is CNC(C)CNc1cc(OC(C)C)ncn1. The van der Waals surface area contributed by atoms with Crippen molar-refractivity contribution in [1.82, 2.24) is 15.3 Å². The summed E-state index contributed by atoms with van der Waals surface area (Å²) in [6.45, 7) is 6.85. The third-order valence-corrected chi connectivity index (χ3v) is 2.08. The quantitative estimate of drug-likeness (QED) is 0.762. The summed E-state index contributed by atoms with van der Waals surface area (Å²) >= 11 is 0. The van der Waals surface area contributed by atoms with Gasteiger partial charge in [-0.3, -0.25) is 0 Å². The van der Waals surface area contributed by atoms with Gasteiger partial charge in [0.05, 0.1) is 6.10 Å². The number of rotatable bonds is 6. The van der Waals surface area contributed by atoms with Gasteiger partial charge in [0.25, 0.3) is 0 Å². The lowest BCUT2D eigenvalue weighted by molar-refractivity contribution is 0.232. The lowest BCUT2D eigenvalue weighted by atomic mass is 10.3. The summed E-state index contributed by atoms with van der Waals surface area (Å²) in [5, 5.41) is 6.36. The van der Waals surface area contributed by atoms with Crippen LogP contribution in [0.2, 0.25) is 0 Å². The predicted molar refractivity (Wildman–Crippen MR) is 64.8 cm³/mol. The highest BCUT2D eigenvalue weighted by Crippen LogP contribution is 2.12. The Kier molecular flexibility index (Phi) is 4.98. The minimum absolute atomic E-state index is 0.124. The third-order valence-electron chi connectivity index (χ3n) is 2.08. The molecule has 1 atom stereocenters. The summed E-state index contributed by atoms with van der Waals surface area (Å²) in [4.78, 5) is 8.16. The van der Waals surface area contributed by atoms with Gasteiger partial charge < -0.3 is 15.4 Å². The predicted octanol–water partition coefficient (Wildman–Crippen LogP) is 1.28. The van der Waals surface area contributed by atoms with Crippen LogP contribution >= 0.6 is 0 Å². The fourth-order valence-electron chi connectivity index (χ4n) is 1.10. The molecule has 1 aromatic rings. The number of hydrogen-bond acceptors (Lipinski definition) is 5. The van der Waals surface area contributed by atoms with Gasteiger partial charge >= 0.3 is 0 Å². The molecule has 0 saturated carbocycles. The Balaban J connectivity index is 2.53. The second-order valence-corrected chi connectivity index (χ2v) is 3.98. The van der Waals surface area contributed by atoms with E-state index in [2.05, 4.69) is 27.5 Å². The van der Waals surface area contributed by atoms with Gasteiger partial charge in [-0.25, -0.2) is 9.97 Å². The molecule has 16 heavy (non-hydrogen) atoms. The van der Waals surface area contributed by atoms with Crippen molar-refractivity contribution in [2.45, 2.75) is 32.9 Å². The summed E-state index contributed by atoms with van der Waals surface area (Å²) in [5.41, 5.74) is 0. The molecule has 0 aliphatic heterocycles.